The molecule has 0 aliphatic heterocycles. The number of nitrogens with one attached hydrogen (secondary N) is 1. The molecule has 0 saturated carbocycles. The van der Waals surface area contributed by atoms with E-state index in [0.29, 0.717) is 5.02 Å². The van der Waals surface area contributed by atoms with Crippen LogP contribution in [0.1, 0.15) is 37.0 Å². The fourth-order valence-electron chi connectivity index (χ4n) is 4.82. The first kappa shape index (κ1) is 32.8. The van der Waals surface area contributed by atoms with E-state index in [9.17, 15) is 18.0 Å². The first-order chi connectivity index (χ1) is 21.1. The van der Waals surface area contributed by atoms with Crippen LogP contribution in [0, 0.1) is 6.92 Å². The number of benzene rings is 4. The number of hydrogen-bond donors (Lipinski definition) is 1. The molecule has 44 heavy (non-hydrogen) atoms. The van der Waals surface area contributed by atoms with Crippen LogP contribution in [-0.4, -0.2) is 43.8 Å². The minimum atomic E-state index is -4.16. The van der Waals surface area contributed by atoms with Gasteiger partial charge in [-0.15, -0.1) is 0 Å². The number of nitrogens with zero attached hydrogens (tertiary/aromatic N) is 2. The number of hydrogen-bond acceptors (Lipinski definition) is 4. The van der Waals surface area contributed by atoms with E-state index in [1.807, 2.05) is 75.4 Å². The summed E-state index contributed by atoms with van der Waals surface area (Å²) in [6.45, 7) is 5.44. The monoisotopic (exact) mass is 631 g/mol. The molecule has 0 fully saturated rings. The highest BCUT2D eigenvalue weighted by Gasteiger charge is 2.35. The molecule has 2 atom stereocenters. The molecule has 4 rings (SSSR count). The predicted octanol–water partition coefficient (Wildman–Crippen LogP) is 6.40. The Bertz CT molecular complexity index is 1650. The van der Waals surface area contributed by atoms with Gasteiger partial charge in [-0.05, 0) is 73.4 Å². The lowest BCUT2D eigenvalue weighted by Gasteiger charge is -2.34. The van der Waals surface area contributed by atoms with Crippen molar-refractivity contribution in [2.24, 2.45) is 0 Å². The van der Waals surface area contributed by atoms with Gasteiger partial charge in [0, 0.05) is 24.0 Å². The Labute approximate surface area is 265 Å². The summed E-state index contributed by atoms with van der Waals surface area (Å²) in [6, 6.07) is 30.4. The van der Waals surface area contributed by atoms with Crippen LogP contribution in [0.15, 0.2) is 114 Å². The van der Waals surface area contributed by atoms with Crippen LogP contribution < -0.4 is 9.62 Å². The fourth-order valence-corrected chi connectivity index (χ4v) is 6.38. The number of rotatable bonds is 13. The number of sulfonamides is 1. The third-order valence-corrected chi connectivity index (χ3v) is 9.64. The summed E-state index contributed by atoms with van der Waals surface area (Å²) < 4.78 is 29.1. The zero-order valence-electron chi connectivity index (χ0n) is 25.2. The average Bonchev–Trinajstić information content (AvgIpc) is 3.03. The largest absolute Gasteiger partial charge is 0.352 e. The molecule has 7 nitrogen and oxygen atoms in total. The van der Waals surface area contributed by atoms with Crippen molar-refractivity contribution in [3.63, 3.8) is 0 Å². The molecule has 9 heteroatoms. The van der Waals surface area contributed by atoms with Crippen LogP contribution in [0.4, 0.5) is 5.69 Å². The molecule has 0 heterocycles. The molecule has 1 N–H and O–H groups in total. The SMILES string of the molecule is CC[C@@H](C)NC(=O)[C@@H](Cc1ccccc1)N(Cc1ccccc1C)C(=O)CN(c1ccc(Cl)cc1)S(=O)(=O)c1ccccc1. The minimum Gasteiger partial charge on any atom is -0.352 e. The normalized spacial score (nSPS) is 12.6. The van der Waals surface area contributed by atoms with Gasteiger partial charge in [-0.1, -0.05) is 91.3 Å². The maximum Gasteiger partial charge on any atom is 0.264 e. The van der Waals surface area contributed by atoms with Crippen molar-refractivity contribution in [1.82, 2.24) is 10.2 Å². The van der Waals surface area contributed by atoms with Gasteiger partial charge in [0.25, 0.3) is 10.0 Å². The molecule has 0 aliphatic rings. The number of anilines is 1. The van der Waals surface area contributed by atoms with Crippen LogP contribution >= 0.6 is 11.6 Å². The van der Waals surface area contributed by atoms with Crippen molar-refractivity contribution in [2.45, 2.75) is 57.1 Å². The summed E-state index contributed by atoms with van der Waals surface area (Å²) in [5.74, 6) is -0.808. The van der Waals surface area contributed by atoms with Gasteiger partial charge in [-0.25, -0.2) is 8.42 Å². The van der Waals surface area contributed by atoms with E-state index in [1.54, 1.807) is 42.5 Å². The number of halogens is 1. The van der Waals surface area contributed by atoms with E-state index < -0.39 is 28.5 Å². The molecule has 0 saturated heterocycles. The van der Waals surface area contributed by atoms with E-state index in [2.05, 4.69) is 5.32 Å². The molecule has 0 aromatic heterocycles. The Morgan fingerprint density at radius 2 is 1.43 bits per heavy atom. The third kappa shape index (κ3) is 8.27. The topological polar surface area (TPSA) is 86.8 Å². The minimum absolute atomic E-state index is 0.0450. The second-order valence-electron chi connectivity index (χ2n) is 10.8. The zero-order chi connectivity index (χ0) is 31.7. The molecule has 0 bridgehead atoms. The van der Waals surface area contributed by atoms with Crippen LogP contribution in [0.2, 0.25) is 5.02 Å². The Balaban J connectivity index is 1.80. The number of carbonyl (C=O) groups excluding carboxylic acids is 2. The summed E-state index contributed by atoms with van der Waals surface area (Å²) in [6.07, 6.45) is 0.975. The number of carbonyl (C=O) groups is 2. The average molecular weight is 632 g/mol. The van der Waals surface area contributed by atoms with Crippen molar-refractivity contribution in [3.05, 3.63) is 131 Å². The zero-order valence-corrected chi connectivity index (χ0v) is 26.8. The Kier molecular flexibility index (Phi) is 11.2. The predicted molar refractivity (Wildman–Crippen MR) is 176 cm³/mol. The van der Waals surface area contributed by atoms with E-state index >= 15 is 0 Å². The molecule has 4 aromatic carbocycles. The van der Waals surface area contributed by atoms with Gasteiger partial charge >= 0.3 is 0 Å². The highest BCUT2D eigenvalue weighted by atomic mass is 35.5. The lowest BCUT2D eigenvalue weighted by Crippen LogP contribution is -2.54. The first-order valence-electron chi connectivity index (χ1n) is 14.6. The van der Waals surface area contributed by atoms with Crippen molar-refractivity contribution in [1.29, 1.82) is 0 Å². The van der Waals surface area contributed by atoms with Crippen molar-refractivity contribution >= 4 is 39.1 Å². The molecule has 0 aliphatic carbocycles. The van der Waals surface area contributed by atoms with Gasteiger partial charge in [-0.2, -0.15) is 0 Å². The fraction of sp³-hybridized carbons (Fsp3) is 0.257. The summed E-state index contributed by atoms with van der Waals surface area (Å²) in [5.41, 5.74) is 2.98. The van der Waals surface area contributed by atoms with Crippen molar-refractivity contribution in [3.8, 4) is 0 Å². The summed E-state index contributed by atoms with van der Waals surface area (Å²) in [4.78, 5) is 29.9. The molecule has 230 valence electrons. The smallest absolute Gasteiger partial charge is 0.264 e. The number of amides is 2. The first-order valence-corrected chi connectivity index (χ1v) is 16.4. The molecule has 0 unspecified atom stereocenters. The quantitative estimate of drug-likeness (QED) is 0.185. The third-order valence-electron chi connectivity index (χ3n) is 7.60. The van der Waals surface area contributed by atoms with E-state index in [1.165, 1.54) is 17.0 Å². The van der Waals surface area contributed by atoms with E-state index in [4.69, 9.17) is 11.6 Å². The lowest BCUT2D eigenvalue weighted by atomic mass is 10.0. The van der Waals surface area contributed by atoms with E-state index in [-0.39, 0.29) is 35.5 Å². The van der Waals surface area contributed by atoms with E-state index in [0.717, 1.165) is 27.4 Å². The molecule has 2 amide bonds. The Hall–Kier alpha value is -4.14. The van der Waals surface area contributed by atoms with Gasteiger partial charge in [0.2, 0.25) is 11.8 Å². The molecule has 0 spiro atoms. The van der Waals surface area contributed by atoms with Gasteiger partial charge in [-0.3, -0.25) is 13.9 Å². The molecular formula is C35H38ClN3O4S. The maximum absolute atomic E-state index is 14.5. The molecule has 4 aromatic rings. The summed E-state index contributed by atoms with van der Waals surface area (Å²) in [7, 11) is -4.16. The number of aryl methyl sites for hydroxylation is 1. The maximum atomic E-state index is 14.5. The highest BCUT2D eigenvalue weighted by Crippen LogP contribution is 2.26. The van der Waals surface area contributed by atoms with Gasteiger partial charge in [0.05, 0.1) is 10.6 Å². The van der Waals surface area contributed by atoms with Gasteiger partial charge < -0.3 is 10.2 Å². The van der Waals surface area contributed by atoms with Crippen molar-refractivity contribution < 1.29 is 18.0 Å². The van der Waals surface area contributed by atoms with Crippen molar-refractivity contribution in [2.75, 3.05) is 10.8 Å². The summed E-state index contributed by atoms with van der Waals surface area (Å²) >= 11 is 6.13. The second-order valence-corrected chi connectivity index (χ2v) is 13.1. The molecule has 0 radical (unpaired) electrons. The van der Waals surface area contributed by atoms with Crippen LogP contribution in [0.25, 0.3) is 0 Å². The second kappa shape index (κ2) is 15.0. The highest BCUT2D eigenvalue weighted by molar-refractivity contribution is 7.92. The van der Waals surface area contributed by atoms with Crippen LogP contribution in [-0.2, 0) is 32.6 Å². The van der Waals surface area contributed by atoms with Crippen LogP contribution in [0.5, 0.6) is 0 Å². The van der Waals surface area contributed by atoms with Crippen LogP contribution in [0.3, 0.4) is 0 Å². The standard InChI is InChI=1S/C35H38ClN3O4S/c1-4-27(3)37-35(41)33(23-28-14-7-5-8-15-28)38(24-29-16-12-11-13-26(29)2)34(40)25-39(31-21-19-30(36)20-22-31)44(42,43)32-17-9-6-10-18-32/h5-22,27,33H,4,23-25H2,1-3H3,(H,37,41)/t27-,33-/m1/s1. The van der Waals surface area contributed by atoms with Gasteiger partial charge in [0.1, 0.15) is 12.6 Å². The lowest BCUT2D eigenvalue weighted by molar-refractivity contribution is -0.140. The Morgan fingerprint density at radius 3 is 2.05 bits per heavy atom. The van der Waals surface area contributed by atoms with Gasteiger partial charge in [0.15, 0.2) is 0 Å². The summed E-state index contributed by atoms with van der Waals surface area (Å²) in [5, 5.41) is 3.49. The molecular weight excluding hydrogens is 594 g/mol. The Morgan fingerprint density at radius 1 is 0.841 bits per heavy atom.